The van der Waals surface area contributed by atoms with Crippen LogP contribution in [-0.4, -0.2) is 27.0 Å². The van der Waals surface area contributed by atoms with Crippen molar-refractivity contribution >= 4 is 23.2 Å². The van der Waals surface area contributed by atoms with E-state index in [4.69, 9.17) is 0 Å². The minimum Gasteiger partial charge on any atom is -0.326 e. The maximum absolute atomic E-state index is 11.7. The van der Waals surface area contributed by atoms with Crippen molar-refractivity contribution < 1.29 is 9.59 Å². The number of aromatic nitrogens is 3. The highest BCUT2D eigenvalue weighted by atomic mass is 16.2. The summed E-state index contributed by atoms with van der Waals surface area (Å²) in [4.78, 5) is 27.1. The topological polar surface area (TPSA) is 99.8 Å². The molecular formula is C13H13N5O2. The summed E-state index contributed by atoms with van der Waals surface area (Å²) < 4.78 is 0. The van der Waals surface area contributed by atoms with Crippen molar-refractivity contribution in [1.29, 1.82) is 0 Å². The molecule has 7 nitrogen and oxygen atoms in total. The lowest BCUT2D eigenvalue weighted by Gasteiger charge is -2.06. The van der Waals surface area contributed by atoms with Gasteiger partial charge in [0.15, 0.2) is 0 Å². The summed E-state index contributed by atoms with van der Waals surface area (Å²) in [6.45, 7) is 0. The summed E-state index contributed by atoms with van der Waals surface area (Å²) in [5.41, 5.74) is 1.34. The molecule has 1 saturated carbocycles. The normalized spacial score (nSPS) is 13.8. The highest BCUT2D eigenvalue weighted by Crippen LogP contribution is 2.30. The summed E-state index contributed by atoms with van der Waals surface area (Å²) in [5.74, 6) is 0.0117. The second-order valence-electron chi connectivity index (χ2n) is 4.63. The summed E-state index contributed by atoms with van der Waals surface area (Å²) in [5, 5.41) is 11.6. The van der Waals surface area contributed by atoms with Crippen LogP contribution in [0.25, 0.3) is 0 Å². The van der Waals surface area contributed by atoms with Gasteiger partial charge in [-0.3, -0.25) is 14.7 Å². The smallest absolute Gasteiger partial charge is 0.292 e. The van der Waals surface area contributed by atoms with Crippen molar-refractivity contribution in [3.05, 3.63) is 36.4 Å². The molecule has 1 aromatic heterocycles. The van der Waals surface area contributed by atoms with E-state index in [2.05, 4.69) is 25.8 Å². The van der Waals surface area contributed by atoms with Crippen molar-refractivity contribution in [3.8, 4) is 0 Å². The van der Waals surface area contributed by atoms with Gasteiger partial charge in [0.1, 0.15) is 6.33 Å². The quantitative estimate of drug-likeness (QED) is 0.782. The fourth-order valence-corrected chi connectivity index (χ4v) is 1.73. The van der Waals surface area contributed by atoms with Crippen molar-refractivity contribution in [2.75, 3.05) is 10.6 Å². The molecule has 1 fully saturated rings. The van der Waals surface area contributed by atoms with E-state index in [0.29, 0.717) is 5.69 Å². The SMILES string of the molecule is O=C(Nc1ccc(NC(=O)C2CC2)cc1)c1ncn[nH]1. The average molecular weight is 271 g/mol. The molecule has 0 bridgehead atoms. The lowest BCUT2D eigenvalue weighted by Crippen LogP contribution is -2.14. The first-order valence-corrected chi connectivity index (χ1v) is 6.30. The van der Waals surface area contributed by atoms with Gasteiger partial charge in [0.2, 0.25) is 11.7 Å². The van der Waals surface area contributed by atoms with Gasteiger partial charge in [-0.2, -0.15) is 5.10 Å². The largest absolute Gasteiger partial charge is 0.326 e. The number of anilines is 2. The Morgan fingerprint density at radius 2 is 1.75 bits per heavy atom. The Bertz CT molecular complexity index is 617. The zero-order valence-corrected chi connectivity index (χ0v) is 10.6. The van der Waals surface area contributed by atoms with Crippen LogP contribution in [-0.2, 0) is 4.79 Å². The molecule has 3 N–H and O–H groups in total. The van der Waals surface area contributed by atoms with Crippen LogP contribution in [0, 0.1) is 5.92 Å². The maximum Gasteiger partial charge on any atom is 0.292 e. The van der Waals surface area contributed by atoms with Crippen molar-refractivity contribution in [2.24, 2.45) is 5.92 Å². The van der Waals surface area contributed by atoms with E-state index in [0.717, 1.165) is 18.5 Å². The van der Waals surface area contributed by atoms with E-state index >= 15 is 0 Å². The van der Waals surface area contributed by atoms with E-state index in [9.17, 15) is 9.59 Å². The molecule has 1 aliphatic carbocycles. The Kier molecular flexibility index (Phi) is 3.16. The number of benzene rings is 1. The predicted octanol–water partition coefficient (Wildman–Crippen LogP) is 1.41. The maximum atomic E-state index is 11.7. The van der Waals surface area contributed by atoms with Crippen molar-refractivity contribution in [1.82, 2.24) is 15.2 Å². The molecule has 2 amide bonds. The van der Waals surface area contributed by atoms with Crippen LogP contribution in [0.5, 0.6) is 0 Å². The van der Waals surface area contributed by atoms with E-state index in [1.807, 2.05) is 0 Å². The molecule has 7 heteroatoms. The summed E-state index contributed by atoms with van der Waals surface area (Å²) in [6, 6.07) is 6.93. The Labute approximate surface area is 114 Å². The number of nitrogens with one attached hydrogen (secondary N) is 3. The first kappa shape index (κ1) is 12.3. The van der Waals surface area contributed by atoms with Gasteiger partial charge in [0.05, 0.1) is 0 Å². The molecule has 3 rings (SSSR count). The summed E-state index contributed by atoms with van der Waals surface area (Å²) in [7, 11) is 0. The molecule has 102 valence electrons. The number of rotatable bonds is 4. The Hall–Kier alpha value is -2.70. The molecule has 0 radical (unpaired) electrons. The fourth-order valence-electron chi connectivity index (χ4n) is 1.73. The van der Waals surface area contributed by atoms with Gasteiger partial charge in [-0.05, 0) is 37.1 Å². The van der Waals surface area contributed by atoms with Gasteiger partial charge in [-0.15, -0.1) is 0 Å². The van der Waals surface area contributed by atoms with Crippen molar-refractivity contribution in [3.63, 3.8) is 0 Å². The summed E-state index contributed by atoms with van der Waals surface area (Å²) in [6.07, 6.45) is 3.21. The lowest BCUT2D eigenvalue weighted by molar-refractivity contribution is -0.117. The Morgan fingerprint density at radius 1 is 1.10 bits per heavy atom. The number of amides is 2. The number of hydrogen-bond acceptors (Lipinski definition) is 4. The van der Waals surface area contributed by atoms with Crippen LogP contribution < -0.4 is 10.6 Å². The minimum absolute atomic E-state index is 0.0587. The standard InChI is InChI=1S/C13H13N5O2/c19-12(8-1-2-8)16-9-3-5-10(6-4-9)17-13(20)11-14-7-15-18-11/h3-8H,1-2H2,(H,16,19)(H,17,20)(H,14,15,18). The van der Waals surface area contributed by atoms with Crippen LogP contribution in [0.1, 0.15) is 23.5 Å². The highest BCUT2D eigenvalue weighted by Gasteiger charge is 2.29. The number of aromatic amines is 1. The molecule has 2 aromatic rings. The third-order valence-corrected chi connectivity index (χ3v) is 2.99. The van der Waals surface area contributed by atoms with Gasteiger partial charge in [-0.1, -0.05) is 0 Å². The number of carbonyl (C=O) groups excluding carboxylic acids is 2. The molecule has 0 atom stereocenters. The zero-order valence-electron chi connectivity index (χ0n) is 10.6. The highest BCUT2D eigenvalue weighted by molar-refractivity contribution is 6.01. The minimum atomic E-state index is -0.364. The van der Waals surface area contributed by atoms with E-state index in [-0.39, 0.29) is 23.6 Å². The molecule has 1 aromatic carbocycles. The second-order valence-corrected chi connectivity index (χ2v) is 4.63. The van der Waals surface area contributed by atoms with Crippen LogP contribution in [0.2, 0.25) is 0 Å². The molecule has 0 aliphatic heterocycles. The molecule has 0 spiro atoms. The van der Waals surface area contributed by atoms with Crippen LogP contribution in [0.3, 0.4) is 0 Å². The second kappa shape index (κ2) is 5.12. The fraction of sp³-hybridized carbons (Fsp3) is 0.231. The number of H-pyrrole nitrogens is 1. The van der Waals surface area contributed by atoms with Crippen molar-refractivity contribution in [2.45, 2.75) is 12.8 Å². The van der Waals surface area contributed by atoms with Crippen LogP contribution in [0.4, 0.5) is 11.4 Å². The first-order chi connectivity index (χ1) is 9.72. The number of nitrogens with zero attached hydrogens (tertiary/aromatic N) is 2. The predicted molar refractivity (Wildman–Crippen MR) is 72.1 cm³/mol. The van der Waals surface area contributed by atoms with Gasteiger partial charge in [0.25, 0.3) is 5.91 Å². The molecule has 0 saturated heterocycles. The van der Waals surface area contributed by atoms with Crippen LogP contribution >= 0.6 is 0 Å². The third kappa shape index (κ3) is 2.82. The lowest BCUT2D eigenvalue weighted by atomic mass is 10.2. The Morgan fingerprint density at radius 3 is 2.30 bits per heavy atom. The average Bonchev–Trinajstić information content (AvgIpc) is 3.16. The van der Waals surface area contributed by atoms with Crippen LogP contribution in [0.15, 0.2) is 30.6 Å². The van der Waals surface area contributed by atoms with E-state index in [1.54, 1.807) is 24.3 Å². The first-order valence-electron chi connectivity index (χ1n) is 6.30. The monoisotopic (exact) mass is 271 g/mol. The van der Waals surface area contributed by atoms with E-state index < -0.39 is 0 Å². The molecule has 1 heterocycles. The van der Waals surface area contributed by atoms with Gasteiger partial charge >= 0.3 is 0 Å². The number of hydrogen-bond donors (Lipinski definition) is 3. The van der Waals surface area contributed by atoms with Gasteiger partial charge in [0, 0.05) is 17.3 Å². The Balaban J connectivity index is 1.61. The molecule has 20 heavy (non-hydrogen) atoms. The zero-order chi connectivity index (χ0) is 13.9. The molecule has 1 aliphatic rings. The third-order valence-electron chi connectivity index (χ3n) is 2.99. The van der Waals surface area contributed by atoms with Gasteiger partial charge in [-0.25, -0.2) is 4.98 Å². The van der Waals surface area contributed by atoms with E-state index in [1.165, 1.54) is 6.33 Å². The molecular weight excluding hydrogens is 258 g/mol. The summed E-state index contributed by atoms with van der Waals surface area (Å²) >= 11 is 0. The molecule has 0 unspecified atom stereocenters. The van der Waals surface area contributed by atoms with Gasteiger partial charge < -0.3 is 10.6 Å². The number of carbonyl (C=O) groups is 2.